The summed E-state index contributed by atoms with van der Waals surface area (Å²) in [6.07, 6.45) is 2.30. The summed E-state index contributed by atoms with van der Waals surface area (Å²) in [5, 5.41) is 12.1. The van der Waals surface area contributed by atoms with Crippen molar-refractivity contribution in [1.82, 2.24) is 14.9 Å². The quantitative estimate of drug-likeness (QED) is 0.694. The molecular weight excluding hydrogens is 291 g/mol. The number of rotatable bonds is 3. The Kier molecular flexibility index (Phi) is 4.16. The Balaban J connectivity index is 2.42. The first kappa shape index (κ1) is 13.3. The highest BCUT2D eigenvalue weighted by Crippen LogP contribution is 2.22. The van der Waals surface area contributed by atoms with Crippen LogP contribution in [0.2, 0.25) is 10.0 Å². The molecule has 1 N–H and O–H groups in total. The molecule has 0 aliphatic rings. The minimum atomic E-state index is 0.436. The van der Waals surface area contributed by atoms with Crippen LogP contribution < -0.4 is 0 Å². The van der Waals surface area contributed by atoms with Gasteiger partial charge in [-0.2, -0.15) is 14.9 Å². The average Bonchev–Trinajstić information content (AvgIpc) is 2.70. The normalized spacial score (nSPS) is 11.3. The second kappa shape index (κ2) is 5.65. The van der Waals surface area contributed by atoms with Crippen LogP contribution >= 0.6 is 35.4 Å². The molecular formula is C11H10Cl2N4S. The number of H-pyrrole nitrogens is 1. The van der Waals surface area contributed by atoms with Crippen molar-refractivity contribution in [2.75, 3.05) is 0 Å². The van der Waals surface area contributed by atoms with E-state index in [1.807, 2.05) is 6.92 Å². The Bertz CT molecular complexity index is 624. The van der Waals surface area contributed by atoms with Gasteiger partial charge in [0, 0.05) is 12.0 Å². The maximum atomic E-state index is 6.05. The van der Waals surface area contributed by atoms with Crippen molar-refractivity contribution in [2.45, 2.75) is 13.3 Å². The zero-order valence-electron chi connectivity index (χ0n) is 9.52. The van der Waals surface area contributed by atoms with Crippen LogP contribution in [0.3, 0.4) is 0 Å². The van der Waals surface area contributed by atoms with Gasteiger partial charge >= 0.3 is 0 Å². The molecule has 7 heteroatoms. The second-order valence-corrected chi connectivity index (χ2v) is 4.69. The van der Waals surface area contributed by atoms with Gasteiger partial charge in [0.15, 0.2) is 5.82 Å². The van der Waals surface area contributed by atoms with Crippen LogP contribution in [0.15, 0.2) is 23.3 Å². The van der Waals surface area contributed by atoms with Crippen LogP contribution in [0.1, 0.15) is 18.3 Å². The fourth-order valence-electron chi connectivity index (χ4n) is 1.42. The molecule has 0 saturated carbocycles. The maximum Gasteiger partial charge on any atom is 0.216 e. The summed E-state index contributed by atoms with van der Waals surface area (Å²) in [4.78, 5) is 0. The van der Waals surface area contributed by atoms with E-state index in [1.165, 1.54) is 0 Å². The molecule has 4 nitrogen and oxygen atoms in total. The lowest BCUT2D eigenvalue weighted by molar-refractivity contribution is 0.780. The summed E-state index contributed by atoms with van der Waals surface area (Å²) in [5.41, 5.74) is 0.658. The molecule has 0 aliphatic carbocycles. The van der Waals surface area contributed by atoms with E-state index in [2.05, 4.69) is 15.3 Å². The number of hydrogen-bond acceptors (Lipinski definition) is 3. The van der Waals surface area contributed by atoms with Crippen LogP contribution in [0, 0.1) is 4.77 Å². The molecule has 0 radical (unpaired) electrons. The summed E-state index contributed by atoms with van der Waals surface area (Å²) in [6.45, 7) is 1.97. The fraction of sp³-hybridized carbons (Fsp3) is 0.182. The van der Waals surface area contributed by atoms with Crippen molar-refractivity contribution in [3.05, 3.63) is 44.4 Å². The van der Waals surface area contributed by atoms with Gasteiger partial charge in [-0.1, -0.05) is 36.2 Å². The van der Waals surface area contributed by atoms with Gasteiger partial charge in [0.2, 0.25) is 4.77 Å². The molecule has 94 valence electrons. The molecule has 2 aromatic rings. The van der Waals surface area contributed by atoms with Crippen molar-refractivity contribution in [3.63, 3.8) is 0 Å². The molecule has 0 atom stereocenters. The highest BCUT2D eigenvalue weighted by atomic mass is 35.5. The van der Waals surface area contributed by atoms with Crippen molar-refractivity contribution in [2.24, 2.45) is 5.10 Å². The lowest BCUT2D eigenvalue weighted by atomic mass is 10.2. The molecule has 0 unspecified atom stereocenters. The predicted octanol–water partition coefficient (Wildman–Crippen LogP) is 3.69. The number of nitrogens with one attached hydrogen (secondary N) is 1. The van der Waals surface area contributed by atoms with Crippen LogP contribution in [-0.4, -0.2) is 21.1 Å². The van der Waals surface area contributed by atoms with Crippen LogP contribution in [-0.2, 0) is 6.42 Å². The molecule has 0 bridgehead atoms. The smallest absolute Gasteiger partial charge is 0.216 e. The van der Waals surface area contributed by atoms with E-state index in [0.717, 1.165) is 12.2 Å². The fourth-order valence-corrected chi connectivity index (χ4v) is 2.11. The second-order valence-electron chi connectivity index (χ2n) is 3.49. The van der Waals surface area contributed by atoms with E-state index >= 15 is 0 Å². The molecule has 0 aliphatic heterocycles. The number of benzene rings is 1. The molecule has 0 spiro atoms. The number of nitrogens with zero attached hydrogens (tertiary/aromatic N) is 3. The lowest BCUT2D eigenvalue weighted by Gasteiger charge is -2.01. The summed E-state index contributed by atoms with van der Waals surface area (Å²) in [6, 6.07) is 5.29. The summed E-state index contributed by atoms with van der Waals surface area (Å²) >= 11 is 17.2. The first-order chi connectivity index (χ1) is 8.63. The number of aromatic amines is 1. The van der Waals surface area contributed by atoms with E-state index < -0.39 is 0 Å². The van der Waals surface area contributed by atoms with Crippen LogP contribution in [0.5, 0.6) is 0 Å². The predicted molar refractivity (Wildman–Crippen MR) is 76.2 cm³/mol. The Morgan fingerprint density at radius 1 is 1.44 bits per heavy atom. The molecule has 0 amide bonds. The molecule has 1 aromatic carbocycles. The van der Waals surface area contributed by atoms with E-state index in [1.54, 1.807) is 29.1 Å². The number of hydrogen-bond donors (Lipinski definition) is 1. The van der Waals surface area contributed by atoms with Crippen molar-refractivity contribution < 1.29 is 0 Å². The Morgan fingerprint density at radius 2 is 2.11 bits per heavy atom. The number of aromatic nitrogens is 3. The third-order valence-electron chi connectivity index (χ3n) is 2.34. The van der Waals surface area contributed by atoms with Gasteiger partial charge in [0.25, 0.3) is 0 Å². The van der Waals surface area contributed by atoms with Gasteiger partial charge in [0.05, 0.1) is 16.3 Å². The van der Waals surface area contributed by atoms with Crippen molar-refractivity contribution >= 4 is 41.6 Å². The first-order valence-electron chi connectivity index (χ1n) is 5.28. The Labute approximate surface area is 119 Å². The van der Waals surface area contributed by atoms with E-state index in [0.29, 0.717) is 20.4 Å². The third-order valence-corrected chi connectivity index (χ3v) is 3.26. The summed E-state index contributed by atoms with van der Waals surface area (Å²) < 4.78 is 1.99. The SMILES string of the molecule is CCc1n[nH]c(=S)n1/N=C\c1c(Cl)cccc1Cl. The van der Waals surface area contributed by atoms with E-state index in [-0.39, 0.29) is 0 Å². The molecule has 0 saturated heterocycles. The maximum absolute atomic E-state index is 6.05. The highest BCUT2D eigenvalue weighted by Gasteiger charge is 2.04. The molecule has 0 fully saturated rings. The minimum absolute atomic E-state index is 0.436. The first-order valence-corrected chi connectivity index (χ1v) is 6.44. The van der Waals surface area contributed by atoms with Gasteiger partial charge in [0.1, 0.15) is 0 Å². The number of halogens is 2. The molecule has 2 rings (SSSR count). The average molecular weight is 301 g/mol. The zero-order valence-corrected chi connectivity index (χ0v) is 11.9. The topological polar surface area (TPSA) is 46.0 Å². The largest absolute Gasteiger partial charge is 0.250 e. The number of aryl methyl sites for hydroxylation is 1. The summed E-state index contributed by atoms with van der Waals surface area (Å²) in [5.74, 6) is 0.749. The van der Waals surface area contributed by atoms with Crippen molar-refractivity contribution in [3.8, 4) is 0 Å². The Hall–Kier alpha value is -1.17. The monoisotopic (exact) mass is 300 g/mol. The third kappa shape index (κ3) is 2.63. The van der Waals surface area contributed by atoms with E-state index in [9.17, 15) is 0 Å². The van der Waals surface area contributed by atoms with Gasteiger partial charge < -0.3 is 0 Å². The van der Waals surface area contributed by atoms with Gasteiger partial charge in [-0.15, -0.1) is 0 Å². The highest BCUT2D eigenvalue weighted by molar-refractivity contribution is 7.71. The zero-order chi connectivity index (χ0) is 13.1. The van der Waals surface area contributed by atoms with E-state index in [4.69, 9.17) is 35.4 Å². The molecule has 1 heterocycles. The summed E-state index contributed by atoms with van der Waals surface area (Å²) in [7, 11) is 0. The molecule has 1 aromatic heterocycles. The standard InChI is InChI=1S/C11H10Cl2N4S/c1-2-10-15-16-11(18)17(10)14-6-7-8(12)4-3-5-9(7)13/h3-6H,2H2,1H3,(H,16,18)/b14-6-. The molecule has 18 heavy (non-hydrogen) atoms. The minimum Gasteiger partial charge on any atom is -0.250 e. The van der Waals surface area contributed by atoms with Gasteiger partial charge in [-0.3, -0.25) is 5.10 Å². The van der Waals surface area contributed by atoms with Gasteiger partial charge in [-0.05, 0) is 24.4 Å². The van der Waals surface area contributed by atoms with Gasteiger partial charge in [-0.25, -0.2) is 0 Å². The van der Waals surface area contributed by atoms with Crippen molar-refractivity contribution in [1.29, 1.82) is 0 Å². The lowest BCUT2D eigenvalue weighted by Crippen LogP contribution is -1.97. The Morgan fingerprint density at radius 3 is 2.72 bits per heavy atom. The van der Waals surface area contributed by atoms with Crippen LogP contribution in [0.25, 0.3) is 0 Å². The van der Waals surface area contributed by atoms with Crippen LogP contribution in [0.4, 0.5) is 0 Å².